The quantitative estimate of drug-likeness (QED) is 0.695. The van der Waals surface area contributed by atoms with Gasteiger partial charge in [0, 0.05) is 49.8 Å². The van der Waals surface area contributed by atoms with Crippen LogP contribution in [0.1, 0.15) is 15.9 Å². The number of aromatic nitrogens is 1. The first-order chi connectivity index (χ1) is 13.5. The molecule has 1 aliphatic heterocycles. The van der Waals surface area contributed by atoms with Gasteiger partial charge in [-0.25, -0.2) is 13.2 Å². The lowest BCUT2D eigenvalue weighted by molar-refractivity contribution is 0.0632. The first kappa shape index (κ1) is 18.6. The number of hydrogen-bond acceptors (Lipinski definition) is 2. The third kappa shape index (κ3) is 3.49. The van der Waals surface area contributed by atoms with Crippen molar-refractivity contribution in [2.75, 3.05) is 32.7 Å². The lowest BCUT2D eigenvalue weighted by Gasteiger charge is -2.34. The summed E-state index contributed by atoms with van der Waals surface area (Å²) in [7, 11) is 0. The Hall–Kier alpha value is -2.80. The minimum absolute atomic E-state index is 0.422. The zero-order valence-corrected chi connectivity index (χ0v) is 15.2. The molecule has 4 nitrogen and oxygen atoms in total. The summed E-state index contributed by atoms with van der Waals surface area (Å²) in [5, 5.41) is 1.21. The Morgan fingerprint density at radius 2 is 1.71 bits per heavy atom. The van der Waals surface area contributed by atoms with E-state index < -0.39 is 28.9 Å². The summed E-state index contributed by atoms with van der Waals surface area (Å²) in [6.45, 7) is 3.00. The molecule has 0 aliphatic carbocycles. The molecule has 146 valence electrons. The van der Waals surface area contributed by atoms with Gasteiger partial charge in [-0.05, 0) is 30.2 Å². The van der Waals surface area contributed by atoms with Crippen LogP contribution in [0.5, 0.6) is 0 Å². The summed E-state index contributed by atoms with van der Waals surface area (Å²) in [5.74, 6) is -4.93. The van der Waals surface area contributed by atoms with Gasteiger partial charge in [0.1, 0.15) is 0 Å². The smallest absolute Gasteiger partial charge is 0.257 e. The molecule has 7 heteroatoms. The number of fused-ring (bicyclic) bond motifs is 1. The highest BCUT2D eigenvalue weighted by Gasteiger charge is 2.26. The van der Waals surface area contributed by atoms with Gasteiger partial charge in [-0.15, -0.1) is 0 Å². The number of hydrogen-bond donors (Lipinski definition) is 1. The van der Waals surface area contributed by atoms with Crippen LogP contribution in [0.25, 0.3) is 10.9 Å². The van der Waals surface area contributed by atoms with Crippen molar-refractivity contribution < 1.29 is 18.0 Å². The van der Waals surface area contributed by atoms with Crippen molar-refractivity contribution in [2.24, 2.45) is 0 Å². The van der Waals surface area contributed by atoms with E-state index in [1.54, 1.807) is 0 Å². The summed E-state index contributed by atoms with van der Waals surface area (Å²) in [5.41, 5.74) is 1.94. The first-order valence-electron chi connectivity index (χ1n) is 9.24. The molecular weight excluding hydrogens is 367 g/mol. The number of carbonyl (C=O) groups excluding carboxylic acids is 1. The number of aromatic amines is 1. The lowest BCUT2D eigenvalue weighted by Crippen LogP contribution is -2.49. The average molecular weight is 387 g/mol. The Kier molecular flexibility index (Phi) is 5.09. The van der Waals surface area contributed by atoms with Crippen LogP contribution in [0.2, 0.25) is 0 Å². The molecule has 1 aromatic heterocycles. The van der Waals surface area contributed by atoms with Crippen LogP contribution in [-0.2, 0) is 6.42 Å². The minimum Gasteiger partial charge on any atom is -0.361 e. The van der Waals surface area contributed by atoms with Crippen molar-refractivity contribution in [1.29, 1.82) is 0 Å². The molecule has 1 amide bonds. The van der Waals surface area contributed by atoms with Crippen molar-refractivity contribution >= 4 is 16.8 Å². The van der Waals surface area contributed by atoms with Gasteiger partial charge in [-0.1, -0.05) is 18.2 Å². The summed E-state index contributed by atoms with van der Waals surface area (Å²) >= 11 is 0. The predicted molar refractivity (Wildman–Crippen MR) is 101 cm³/mol. The van der Waals surface area contributed by atoms with E-state index in [4.69, 9.17) is 0 Å². The molecule has 3 aromatic rings. The molecule has 1 aliphatic rings. The summed E-state index contributed by atoms with van der Waals surface area (Å²) in [6.07, 6.45) is 2.91. The zero-order chi connectivity index (χ0) is 19.7. The van der Waals surface area contributed by atoms with E-state index in [0.29, 0.717) is 26.2 Å². The van der Waals surface area contributed by atoms with Gasteiger partial charge >= 0.3 is 0 Å². The fourth-order valence-electron chi connectivity index (χ4n) is 3.65. The fourth-order valence-corrected chi connectivity index (χ4v) is 3.65. The van der Waals surface area contributed by atoms with Crippen LogP contribution in [0.4, 0.5) is 13.2 Å². The van der Waals surface area contributed by atoms with Crippen LogP contribution in [0.3, 0.4) is 0 Å². The average Bonchev–Trinajstić information content (AvgIpc) is 3.14. The van der Waals surface area contributed by atoms with Gasteiger partial charge in [0.2, 0.25) is 0 Å². The fraction of sp³-hybridized carbons (Fsp3) is 0.286. The molecule has 0 radical (unpaired) electrons. The summed E-state index contributed by atoms with van der Waals surface area (Å²) in [4.78, 5) is 19.4. The highest BCUT2D eigenvalue weighted by Crippen LogP contribution is 2.20. The molecule has 0 bridgehead atoms. The second kappa shape index (κ2) is 7.67. The predicted octanol–water partition coefficient (Wildman–Crippen LogP) is 3.59. The molecule has 28 heavy (non-hydrogen) atoms. The SMILES string of the molecule is O=C(c1ccc(F)c(F)c1F)N1CCN(CCc2c[nH]c3ccccc23)CC1. The number of rotatable bonds is 4. The molecule has 2 heterocycles. The minimum atomic E-state index is -1.61. The number of benzene rings is 2. The molecule has 1 fully saturated rings. The molecule has 0 unspecified atom stereocenters. The Morgan fingerprint density at radius 1 is 0.964 bits per heavy atom. The van der Waals surface area contributed by atoms with E-state index in [2.05, 4.69) is 16.0 Å². The van der Waals surface area contributed by atoms with E-state index in [-0.39, 0.29) is 0 Å². The van der Waals surface area contributed by atoms with Crippen LogP contribution in [0, 0.1) is 17.5 Å². The number of piperazine rings is 1. The van der Waals surface area contributed by atoms with Crippen molar-refractivity contribution in [2.45, 2.75) is 6.42 Å². The van der Waals surface area contributed by atoms with Crippen LogP contribution in [0.15, 0.2) is 42.6 Å². The largest absolute Gasteiger partial charge is 0.361 e. The summed E-state index contributed by atoms with van der Waals surface area (Å²) < 4.78 is 40.3. The maximum absolute atomic E-state index is 13.9. The van der Waals surface area contributed by atoms with E-state index in [1.807, 2.05) is 24.4 Å². The second-order valence-electron chi connectivity index (χ2n) is 6.97. The molecule has 1 N–H and O–H groups in total. The van der Waals surface area contributed by atoms with Gasteiger partial charge < -0.3 is 9.88 Å². The third-order valence-electron chi connectivity index (χ3n) is 5.30. The molecule has 1 saturated heterocycles. The summed E-state index contributed by atoms with van der Waals surface area (Å²) in [6, 6.07) is 9.92. The van der Waals surface area contributed by atoms with Crippen molar-refractivity contribution in [3.05, 3.63) is 71.2 Å². The zero-order valence-electron chi connectivity index (χ0n) is 15.2. The van der Waals surface area contributed by atoms with E-state index in [9.17, 15) is 18.0 Å². The van der Waals surface area contributed by atoms with Crippen molar-refractivity contribution in [3.8, 4) is 0 Å². The Labute approximate surface area is 160 Å². The number of halogens is 3. The Balaban J connectivity index is 1.34. The lowest BCUT2D eigenvalue weighted by atomic mass is 10.1. The Morgan fingerprint density at radius 3 is 2.50 bits per heavy atom. The maximum atomic E-state index is 13.9. The molecule has 0 atom stereocenters. The molecular formula is C21H20F3N3O. The molecule has 2 aromatic carbocycles. The molecule has 4 rings (SSSR count). The number of nitrogens with zero attached hydrogens (tertiary/aromatic N) is 2. The topological polar surface area (TPSA) is 39.3 Å². The van der Waals surface area contributed by atoms with E-state index >= 15 is 0 Å². The van der Waals surface area contributed by atoms with Crippen molar-refractivity contribution in [3.63, 3.8) is 0 Å². The normalized spacial score (nSPS) is 15.3. The number of H-pyrrole nitrogens is 1. The maximum Gasteiger partial charge on any atom is 0.257 e. The van der Waals surface area contributed by atoms with Gasteiger partial charge in [-0.3, -0.25) is 9.69 Å². The van der Waals surface area contributed by atoms with Gasteiger partial charge in [0.25, 0.3) is 5.91 Å². The standard InChI is InChI=1S/C21H20F3N3O/c22-17-6-5-16(19(23)20(17)24)21(28)27-11-9-26(10-12-27)8-7-14-13-25-18-4-2-1-3-15(14)18/h1-6,13,25H,7-12H2. The monoisotopic (exact) mass is 387 g/mol. The molecule has 0 spiro atoms. The number of nitrogens with one attached hydrogen (secondary N) is 1. The number of carbonyl (C=O) groups is 1. The van der Waals surface area contributed by atoms with Crippen LogP contribution in [-0.4, -0.2) is 53.4 Å². The first-order valence-corrected chi connectivity index (χ1v) is 9.24. The van der Waals surface area contributed by atoms with Crippen molar-refractivity contribution in [1.82, 2.24) is 14.8 Å². The van der Waals surface area contributed by atoms with Gasteiger partial charge in [-0.2, -0.15) is 0 Å². The highest BCUT2D eigenvalue weighted by atomic mass is 19.2. The number of para-hydroxylation sites is 1. The van der Waals surface area contributed by atoms with E-state index in [1.165, 1.54) is 15.8 Å². The van der Waals surface area contributed by atoms with Gasteiger partial charge in [0.05, 0.1) is 5.56 Å². The van der Waals surface area contributed by atoms with Crippen LogP contribution >= 0.6 is 0 Å². The molecule has 0 saturated carbocycles. The van der Waals surface area contributed by atoms with Crippen LogP contribution < -0.4 is 0 Å². The number of amides is 1. The Bertz CT molecular complexity index is 1010. The highest BCUT2D eigenvalue weighted by molar-refractivity contribution is 5.94. The third-order valence-corrected chi connectivity index (χ3v) is 5.30. The van der Waals surface area contributed by atoms with E-state index in [0.717, 1.165) is 30.6 Å². The second-order valence-corrected chi connectivity index (χ2v) is 6.97. The van der Waals surface area contributed by atoms with Gasteiger partial charge in [0.15, 0.2) is 17.5 Å².